The molecular weight excluding hydrogens is 254 g/mol. The first kappa shape index (κ1) is 13.0. The lowest BCUT2D eigenvalue weighted by Crippen LogP contribution is -2.16. The van der Waals surface area contributed by atoms with Crippen LogP contribution in [0.2, 0.25) is 0 Å². The van der Waals surface area contributed by atoms with Crippen LogP contribution >= 0.6 is 0 Å². The predicted molar refractivity (Wildman–Crippen MR) is 78.8 cm³/mol. The van der Waals surface area contributed by atoms with Crippen molar-refractivity contribution in [2.75, 3.05) is 12.3 Å². The molecule has 0 amide bonds. The molecule has 2 aromatic rings. The number of hydrogen-bond donors (Lipinski definition) is 2. The first-order valence-corrected chi connectivity index (χ1v) is 7.14. The third-order valence-electron chi connectivity index (χ3n) is 3.97. The number of aromatic nitrogens is 2. The van der Waals surface area contributed by atoms with E-state index in [0.29, 0.717) is 34.9 Å². The molecule has 1 aliphatic carbocycles. The fraction of sp³-hybridized carbons (Fsp3) is 0.467. The maximum atomic E-state index is 11.7. The van der Waals surface area contributed by atoms with Gasteiger partial charge in [-0.25, -0.2) is 4.98 Å². The van der Waals surface area contributed by atoms with Crippen molar-refractivity contribution >= 4 is 16.6 Å². The molecule has 106 valence electrons. The van der Waals surface area contributed by atoms with E-state index in [1.165, 1.54) is 38.4 Å². The number of nitrogens with zero attached hydrogens (tertiary/aromatic N) is 1. The summed E-state index contributed by atoms with van der Waals surface area (Å²) in [6, 6.07) is 3.39. The Bertz CT molecular complexity index is 660. The fourth-order valence-corrected chi connectivity index (χ4v) is 2.80. The number of aromatic amines is 1. The average Bonchev–Trinajstić information content (AvgIpc) is 2.47. The van der Waals surface area contributed by atoms with E-state index in [9.17, 15) is 4.79 Å². The lowest BCUT2D eigenvalue weighted by atomic mass is 9.90. The van der Waals surface area contributed by atoms with E-state index in [-0.39, 0.29) is 5.56 Å². The van der Waals surface area contributed by atoms with Gasteiger partial charge >= 0.3 is 0 Å². The summed E-state index contributed by atoms with van der Waals surface area (Å²) < 4.78 is 5.85. The maximum absolute atomic E-state index is 11.7. The molecule has 0 spiro atoms. The Hall–Kier alpha value is -2.04. The molecule has 1 fully saturated rings. The Morgan fingerprint density at radius 1 is 1.30 bits per heavy atom. The SMILES string of the molecule is Nc1cc2c(=O)[nH]cnc2cc1OCC1CCCCC1. The minimum absolute atomic E-state index is 0.180. The number of H-pyrrole nitrogens is 1. The molecule has 1 aromatic carbocycles. The number of hydrogen-bond acceptors (Lipinski definition) is 4. The molecule has 1 heterocycles. The summed E-state index contributed by atoms with van der Waals surface area (Å²) in [7, 11) is 0. The van der Waals surface area contributed by atoms with Gasteiger partial charge in [0.15, 0.2) is 0 Å². The van der Waals surface area contributed by atoms with Crippen LogP contribution in [0.1, 0.15) is 32.1 Å². The second kappa shape index (κ2) is 5.53. The summed E-state index contributed by atoms with van der Waals surface area (Å²) in [6.45, 7) is 0.693. The molecule has 0 aliphatic heterocycles. The second-order valence-electron chi connectivity index (χ2n) is 5.45. The highest BCUT2D eigenvalue weighted by Crippen LogP contribution is 2.28. The van der Waals surface area contributed by atoms with E-state index in [4.69, 9.17) is 10.5 Å². The highest BCUT2D eigenvalue weighted by atomic mass is 16.5. The van der Waals surface area contributed by atoms with Crippen molar-refractivity contribution < 1.29 is 4.74 Å². The highest BCUT2D eigenvalue weighted by molar-refractivity contribution is 5.84. The van der Waals surface area contributed by atoms with Crippen molar-refractivity contribution in [1.82, 2.24) is 9.97 Å². The van der Waals surface area contributed by atoms with E-state index in [0.717, 1.165) is 0 Å². The first-order valence-electron chi connectivity index (χ1n) is 7.14. The molecule has 0 saturated heterocycles. The van der Waals surface area contributed by atoms with Gasteiger partial charge in [-0.15, -0.1) is 0 Å². The van der Waals surface area contributed by atoms with Crippen LogP contribution < -0.4 is 16.0 Å². The largest absolute Gasteiger partial charge is 0.491 e. The molecule has 0 radical (unpaired) electrons. The standard InChI is InChI=1S/C15H19N3O2/c16-12-6-11-13(17-9-18-15(11)19)7-14(12)20-8-10-4-2-1-3-5-10/h6-7,9-10H,1-5,8,16H2,(H,17,18,19). The van der Waals surface area contributed by atoms with E-state index in [1.54, 1.807) is 12.1 Å². The normalized spacial score (nSPS) is 16.4. The van der Waals surface area contributed by atoms with Crippen molar-refractivity contribution in [3.05, 3.63) is 28.8 Å². The van der Waals surface area contributed by atoms with Crippen LogP contribution in [0.3, 0.4) is 0 Å². The summed E-state index contributed by atoms with van der Waals surface area (Å²) in [4.78, 5) is 18.3. The Morgan fingerprint density at radius 3 is 2.90 bits per heavy atom. The summed E-state index contributed by atoms with van der Waals surface area (Å²) in [5.74, 6) is 1.24. The minimum Gasteiger partial charge on any atom is -0.491 e. The third-order valence-corrected chi connectivity index (χ3v) is 3.97. The Morgan fingerprint density at radius 2 is 2.10 bits per heavy atom. The Kier molecular flexibility index (Phi) is 3.58. The molecule has 1 aromatic heterocycles. The van der Waals surface area contributed by atoms with Gasteiger partial charge in [0, 0.05) is 6.07 Å². The Labute approximate surface area is 117 Å². The van der Waals surface area contributed by atoms with Crippen LogP contribution in [0.4, 0.5) is 5.69 Å². The molecular formula is C15H19N3O2. The van der Waals surface area contributed by atoms with Gasteiger partial charge in [-0.1, -0.05) is 19.3 Å². The van der Waals surface area contributed by atoms with Crippen molar-refractivity contribution in [2.45, 2.75) is 32.1 Å². The van der Waals surface area contributed by atoms with Gasteiger partial charge in [-0.05, 0) is 24.8 Å². The van der Waals surface area contributed by atoms with E-state index in [2.05, 4.69) is 9.97 Å². The maximum Gasteiger partial charge on any atom is 0.258 e. The van der Waals surface area contributed by atoms with Crippen LogP contribution in [0.15, 0.2) is 23.3 Å². The van der Waals surface area contributed by atoms with E-state index in [1.807, 2.05) is 0 Å². The van der Waals surface area contributed by atoms with Gasteiger partial charge in [0.2, 0.25) is 0 Å². The number of nitrogens with two attached hydrogens (primary N) is 1. The summed E-state index contributed by atoms with van der Waals surface area (Å²) >= 11 is 0. The van der Waals surface area contributed by atoms with Crippen LogP contribution in [-0.4, -0.2) is 16.6 Å². The molecule has 1 aliphatic rings. The molecule has 3 N–H and O–H groups in total. The smallest absolute Gasteiger partial charge is 0.258 e. The van der Waals surface area contributed by atoms with Crippen molar-refractivity contribution in [3.63, 3.8) is 0 Å². The third kappa shape index (κ3) is 2.61. The summed E-state index contributed by atoms with van der Waals surface area (Å²) in [6.07, 6.45) is 7.76. The Balaban J connectivity index is 1.80. The number of fused-ring (bicyclic) bond motifs is 1. The minimum atomic E-state index is -0.180. The number of rotatable bonds is 3. The summed E-state index contributed by atoms with van der Waals surface area (Å²) in [5.41, 5.74) is 6.89. The number of benzene rings is 1. The molecule has 1 saturated carbocycles. The van der Waals surface area contributed by atoms with Crippen molar-refractivity contribution in [3.8, 4) is 5.75 Å². The second-order valence-corrected chi connectivity index (χ2v) is 5.45. The number of ether oxygens (including phenoxy) is 1. The zero-order valence-electron chi connectivity index (χ0n) is 11.4. The highest BCUT2D eigenvalue weighted by Gasteiger charge is 2.15. The number of anilines is 1. The molecule has 20 heavy (non-hydrogen) atoms. The van der Waals surface area contributed by atoms with E-state index < -0.39 is 0 Å². The zero-order chi connectivity index (χ0) is 13.9. The number of nitrogens with one attached hydrogen (secondary N) is 1. The van der Waals surface area contributed by atoms with Crippen LogP contribution in [-0.2, 0) is 0 Å². The van der Waals surface area contributed by atoms with Gasteiger partial charge in [0.25, 0.3) is 5.56 Å². The van der Waals surface area contributed by atoms with Crippen LogP contribution in [0.5, 0.6) is 5.75 Å². The number of nitrogen functional groups attached to an aromatic ring is 1. The van der Waals surface area contributed by atoms with Gasteiger partial charge in [0.1, 0.15) is 5.75 Å². The van der Waals surface area contributed by atoms with Gasteiger partial charge < -0.3 is 15.5 Å². The van der Waals surface area contributed by atoms with Crippen LogP contribution in [0, 0.1) is 5.92 Å². The lowest BCUT2D eigenvalue weighted by molar-refractivity contribution is 0.210. The van der Waals surface area contributed by atoms with Crippen molar-refractivity contribution in [2.24, 2.45) is 5.92 Å². The molecule has 3 rings (SSSR count). The lowest BCUT2D eigenvalue weighted by Gasteiger charge is -2.22. The first-order chi connectivity index (χ1) is 9.74. The van der Waals surface area contributed by atoms with Crippen LogP contribution in [0.25, 0.3) is 10.9 Å². The zero-order valence-corrected chi connectivity index (χ0v) is 11.4. The quantitative estimate of drug-likeness (QED) is 0.842. The molecule has 0 atom stereocenters. The molecule has 5 nitrogen and oxygen atoms in total. The van der Waals surface area contributed by atoms with Crippen molar-refractivity contribution in [1.29, 1.82) is 0 Å². The van der Waals surface area contributed by atoms with Gasteiger partial charge in [-0.2, -0.15) is 0 Å². The molecule has 0 unspecified atom stereocenters. The molecule has 0 bridgehead atoms. The molecule has 5 heteroatoms. The van der Waals surface area contributed by atoms with Gasteiger partial charge in [0.05, 0.1) is 29.5 Å². The van der Waals surface area contributed by atoms with E-state index >= 15 is 0 Å². The monoisotopic (exact) mass is 273 g/mol. The van der Waals surface area contributed by atoms with Gasteiger partial charge in [-0.3, -0.25) is 4.79 Å². The average molecular weight is 273 g/mol. The topological polar surface area (TPSA) is 81.0 Å². The predicted octanol–water partition coefficient (Wildman–Crippen LogP) is 2.46. The fourth-order valence-electron chi connectivity index (χ4n) is 2.80. The summed E-state index contributed by atoms with van der Waals surface area (Å²) in [5, 5.41) is 0.495.